The smallest absolute Gasteiger partial charge is 0.0264 e. The van der Waals surface area contributed by atoms with E-state index in [1.807, 2.05) is 0 Å². The second kappa shape index (κ2) is 8.53. The normalized spacial score (nSPS) is 13.4. The molecule has 0 amide bonds. The number of hydrogen-bond acceptors (Lipinski definition) is 0. The molecule has 1 heteroatoms. The molecule has 0 heterocycles. The van der Waals surface area contributed by atoms with Crippen molar-refractivity contribution in [2.45, 2.75) is 64.5 Å². The first-order valence-electron chi connectivity index (χ1n) is 5.06. The maximum absolute atomic E-state index is 2.96. The Morgan fingerprint density at radius 3 is 2.18 bits per heavy atom. The van der Waals surface area contributed by atoms with Crippen LogP contribution in [0.3, 0.4) is 0 Å². The summed E-state index contributed by atoms with van der Waals surface area (Å²) in [6, 6.07) is 0. The molecule has 2 atom stereocenters. The first-order chi connectivity index (χ1) is 5.31. The van der Waals surface area contributed by atoms with Crippen LogP contribution >= 0.6 is 9.24 Å². The van der Waals surface area contributed by atoms with Crippen LogP contribution in [0.15, 0.2) is 0 Å². The van der Waals surface area contributed by atoms with E-state index in [1.54, 1.807) is 0 Å². The lowest BCUT2D eigenvalue weighted by Gasteiger charge is -2.08. The van der Waals surface area contributed by atoms with Gasteiger partial charge >= 0.3 is 0 Å². The molecule has 0 N–H and O–H groups in total. The third-order valence-electron chi connectivity index (χ3n) is 2.09. The number of rotatable bonds is 7. The maximum atomic E-state index is 2.96. The summed E-state index contributed by atoms with van der Waals surface area (Å²) < 4.78 is 0. The van der Waals surface area contributed by atoms with Crippen molar-refractivity contribution >= 4 is 9.24 Å². The van der Waals surface area contributed by atoms with Gasteiger partial charge in [0.15, 0.2) is 0 Å². The Kier molecular flexibility index (Phi) is 8.86. The summed E-state index contributed by atoms with van der Waals surface area (Å²) in [7, 11) is 2.96. The fourth-order valence-electron chi connectivity index (χ4n) is 1.35. The van der Waals surface area contributed by atoms with Crippen LogP contribution in [-0.4, -0.2) is 5.66 Å². The van der Waals surface area contributed by atoms with Crippen molar-refractivity contribution in [3.63, 3.8) is 0 Å². The van der Waals surface area contributed by atoms with Gasteiger partial charge in [0.25, 0.3) is 0 Å². The molecule has 0 aromatic carbocycles. The van der Waals surface area contributed by atoms with E-state index in [4.69, 9.17) is 0 Å². The monoisotopic (exact) mass is 174 g/mol. The molecule has 0 nitrogen and oxygen atoms in total. The van der Waals surface area contributed by atoms with Crippen LogP contribution in [0.1, 0.15) is 58.8 Å². The van der Waals surface area contributed by atoms with Crippen LogP contribution in [0.2, 0.25) is 0 Å². The lowest BCUT2D eigenvalue weighted by molar-refractivity contribution is 0.595. The Balaban J connectivity index is 2.97. The van der Waals surface area contributed by atoms with Crippen molar-refractivity contribution in [1.29, 1.82) is 0 Å². The van der Waals surface area contributed by atoms with E-state index >= 15 is 0 Å². The number of hydrogen-bond donors (Lipinski definition) is 0. The van der Waals surface area contributed by atoms with Crippen molar-refractivity contribution in [2.24, 2.45) is 0 Å². The molecule has 0 aromatic heterocycles. The van der Waals surface area contributed by atoms with Gasteiger partial charge in [-0.25, -0.2) is 0 Å². The van der Waals surface area contributed by atoms with Gasteiger partial charge in [0.05, 0.1) is 0 Å². The Labute approximate surface area is 74.4 Å². The first-order valence-corrected chi connectivity index (χ1v) is 5.73. The molecule has 0 aliphatic rings. The molecule has 0 fully saturated rings. The largest absolute Gasteiger partial charge is 0.134 e. The molecule has 2 unspecified atom stereocenters. The fourth-order valence-corrected chi connectivity index (χ4v) is 1.92. The quantitative estimate of drug-likeness (QED) is 0.404. The highest BCUT2D eigenvalue weighted by atomic mass is 31.0. The van der Waals surface area contributed by atoms with Crippen LogP contribution in [0.4, 0.5) is 0 Å². The first kappa shape index (κ1) is 11.4. The van der Waals surface area contributed by atoms with Crippen LogP contribution in [0.5, 0.6) is 0 Å². The minimum Gasteiger partial charge on any atom is -0.134 e. The van der Waals surface area contributed by atoms with E-state index in [9.17, 15) is 0 Å². The highest BCUT2D eigenvalue weighted by molar-refractivity contribution is 7.17. The Morgan fingerprint density at radius 1 is 0.909 bits per heavy atom. The van der Waals surface area contributed by atoms with E-state index in [1.165, 1.54) is 44.9 Å². The third kappa shape index (κ3) is 8.34. The molecule has 0 spiro atoms. The van der Waals surface area contributed by atoms with E-state index in [2.05, 4.69) is 23.1 Å². The minimum absolute atomic E-state index is 0.886. The molecule has 0 bridgehead atoms. The van der Waals surface area contributed by atoms with Gasteiger partial charge in [-0.2, -0.15) is 0 Å². The van der Waals surface area contributed by atoms with Crippen LogP contribution in [-0.2, 0) is 0 Å². The van der Waals surface area contributed by atoms with E-state index < -0.39 is 0 Å². The van der Waals surface area contributed by atoms with Gasteiger partial charge in [0.2, 0.25) is 0 Å². The zero-order chi connectivity index (χ0) is 8.53. The van der Waals surface area contributed by atoms with Gasteiger partial charge in [-0.15, -0.1) is 9.24 Å². The molecule has 0 aromatic rings. The summed E-state index contributed by atoms with van der Waals surface area (Å²) in [6.45, 7) is 4.54. The highest BCUT2D eigenvalue weighted by Gasteiger charge is 1.98. The molecule has 0 saturated carbocycles. The molecule has 0 aliphatic carbocycles. The molecule has 0 rings (SSSR count). The van der Waals surface area contributed by atoms with E-state index in [0.717, 1.165) is 5.66 Å². The Morgan fingerprint density at radius 2 is 1.64 bits per heavy atom. The molecule has 0 aliphatic heterocycles. The van der Waals surface area contributed by atoms with Crippen LogP contribution in [0.25, 0.3) is 0 Å². The van der Waals surface area contributed by atoms with Crippen molar-refractivity contribution < 1.29 is 0 Å². The van der Waals surface area contributed by atoms with Crippen molar-refractivity contribution in [3.8, 4) is 0 Å². The van der Waals surface area contributed by atoms with Crippen LogP contribution in [0, 0.1) is 0 Å². The zero-order valence-corrected chi connectivity index (χ0v) is 9.26. The van der Waals surface area contributed by atoms with Gasteiger partial charge in [-0.3, -0.25) is 0 Å². The Hall–Kier alpha value is 0.430. The summed E-state index contributed by atoms with van der Waals surface area (Å²) in [5, 5.41) is 0. The molecule has 0 radical (unpaired) electrons. The summed E-state index contributed by atoms with van der Waals surface area (Å²) in [6.07, 6.45) is 9.78. The average Bonchev–Trinajstić information content (AvgIpc) is 1.99. The predicted molar refractivity (Wildman–Crippen MR) is 57.2 cm³/mol. The van der Waals surface area contributed by atoms with Gasteiger partial charge in [0, 0.05) is 0 Å². The SMILES string of the molecule is CCCCCCC(P)CCC. The summed E-state index contributed by atoms with van der Waals surface area (Å²) in [5.74, 6) is 0. The average molecular weight is 174 g/mol. The topological polar surface area (TPSA) is 0 Å². The second-order valence-electron chi connectivity index (χ2n) is 3.40. The van der Waals surface area contributed by atoms with E-state index in [-0.39, 0.29) is 0 Å². The van der Waals surface area contributed by atoms with Gasteiger partial charge in [-0.05, 0) is 18.5 Å². The summed E-state index contributed by atoms with van der Waals surface area (Å²) >= 11 is 0. The molecule has 68 valence electrons. The molecular formula is C10H23P. The zero-order valence-electron chi connectivity index (χ0n) is 8.10. The molecular weight excluding hydrogens is 151 g/mol. The molecule has 11 heavy (non-hydrogen) atoms. The van der Waals surface area contributed by atoms with Gasteiger partial charge in [0.1, 0.15) is 0 Å². The van der Waals surface area contributed by atoms with Gasteiger partial charge < -0.3 is 0 Å². The highest BCUT2D eigenvalue weighted by Crippen LogP contribution is 2.16. The van der Waals surface area contributed by atoms with Crippen molar-refractivity contribution in [1.82, 2.24) is 0 Å². The van der Waals surface area contributed by atoms with Crippen LogP contribution < -0.4 is 0 Å². The minimum atomic E-state index is 0.886. The van der Waals surface area contributed by atoms with E-state index in [0.29, 0.717) is 0 Å². The third-order valence-corrected chi connectivity index (χ3v) is 2.75. The lowest BCUT2D eigenvalue weighted by atomic mass is 10.1. The summed E-state index contributed by atoms with van der Waals surface area (Å²) in [4.78, 5) is 0. The standard InChI is InChI=1S/C10H23P/c1-3-5-6-7-9-10(11)8-4-2/h10H,3-9,11H2,1-2H3. The maximum Gasteiger partial charge on any atom is -0.0264 e. The predicted octanol–water partition coefficient (Wildman–Crippen LogP) is 4.00. The number of unbranched alkanes of at least 4 members (excludes halogenated alkanes) is 3. The van der Waals surface area contributed by atoms with Crippen molar-refractivity contribution in [2.75, 3.05) is 0 Å². The lowest BCUT2D eigenvalue weighted by Crippen LogP contribution is -1.95. The van der Waals surface area contributed by atoms with Gasteiger partial charge in [-0.1, -0.05) is 46.0 Å². The second-order valence-corrected chi connectivity index (χ2v) is 4.34. The fraction of sp³-hybridized carbons (Fsp3) is 1.00. The van der Waals surface area contributed by atoms with Crippen molar-refractivity contribution in [3.05, 3.63) is 0 Å². The molecule has 0 saturated heterocycles. The Bertz CT molecular complexity index is 71.3. The summed E-state index contributed by atoms with van der Waals surface area (Å²) in [5.41, 5.74) is 0.886.